The van der Waals surface area contributed by atoms with Crippen LogP contribution in [0.15, 0.2) is 72.8 Å². The minimum absolute atomic E-state index is 0.857. The van der Waals surface area contributed by atoms with Gasteiger partial charge in [0.2, 0.25) is 0 Å². The Morgan fingerprint density at radius 2 is 1.04 bits per heavy atom. The highest BCUT2D eigenvalue weighted by Gasteiger charge is 2.17. The van der Waals surface area contributed by atoms with E-state index >= 15 is 0 Å². The van der Waals surface area contributed by atoms with Crippen LogP contribution in [0.4, 0.5) is 0 Å². The fraction of sp³-hybridized carbons (Fsp3) is 0.130. The van der Waals surface area contributed by atoms with Crippen molar-refractivity contribution in [2.75, 3.05) is 0 Å². The second kappa shape index (κ2) is 6.60. The molecule has 26 heavy (non-hydrogen) atoms. The minimum Gasteiger partial charge on any atom is -0.275 e. The largest absolute Gasteiger partial charge is 0.275 e. The van der Waals surface area contributed by atoms with Crippen molar-refractivity contribution in [2.45, 2.75) is 20.8 Å². The number of nitrogens with zero attached hydrogens (tertiary/aromatic N) is 3. The third-order valence-corrected chi connectivity index (χ3v) is 4.48. The molecule has 1 heterocycles. The molecule has 0 bridgehead atoms. The molecule has 0 aliphatic rings. The molecule has 0 unspecified atom stereocenters. The Hall–Kier alpha value is -3.20. The molecule has 0 saturated carbocycles. The minimum atomic E-state index is 0.857. The summed E-state index contributed by atoms with van der Waals surface area (Å²) in [6, 6.07) is 25.2. The van der Waals surface area contributed by atoms with Crippen molar-refractivity contribution in [1.29, 1.82) is 0 Å². The van der Waals surface area contributed by atoms with Crippen LogP contribution in [-0.4, -0.2) is 14.8 Å². The van der Waals surface area contributed by atoms with Crippen LogP contribution in [0.3, 0.4) is 0 Å². The van der Waals surface area contributed by atoms with Gasteiger partial charge in [-0.25, -0.2) is 0 Å². The van der Waals surface area contributed by atoms with Gasteiger partial charge in [0, 0.05) is 16.8 Å². The zero-order valence-electron chi connectivity index (χ0n) is 15.3. The average molecular weight is 339 g/mol. The summed E-state index contributed by atoms with van der Waals surface area (Å²) in [5.74, 6) is 1.71. The summed E-state index contributed by atoms with van der Waals surface area (Å²) < 4.78 is 2.15. The van der Waals surface area contributed by atoms with Crippen LogP contribution in [-0.2, 0) is 0 Å². The van der Waals surface area contributed by atoms with Crippen LogP contribution in [0.25, 0.3) is 28.5 Å². The van der Waals surface area contributed by atoms with E-state index in [1.54, 1.807) is 0 Å². The number of benzene rings is 3. The van der Waals surface area contributed by atoms with Crippen molar-refractivity contribution in [3.05, 3.63) is 89.5 Å². The van der Waals surface area contributed by atoms with E-state index in [0.717, 1.165) is 28.5 Å². The van der Waals surface area contributed by atoms with Gasteiger partial charge in [-0.2, -0.15) is 0 Å². The summed E-state index contributed by atoms with van der Waals surface area (Å²) in [7, 11) is 0. The van der Waals surface area contributed by atoms with Crippen molar-refractivity contribution >= 4 is 0 Å². The standard InChI is InChI=1S/C23H21N3/c1-16-7-4-10-19(13-16)22-24-25-23(20-11-5-8-17(2)14-20)26(22)21-12-6-9-18(3)15-21/h4-15H,1-3H3. The first-order chi connectivity index (χ1) is 12.6. The van der Waals surface area contributed by atoms with Gasteiger partial charge in [-0.15, -0.1) is 10.2 Å². The number of rotatable bonds is 3. The molecule has 0 atom stereocenters. The molecule has 0 N–H and O–H groups in total. The van der Waals surface area contributed by atoms with Gasteiger partial charge < -0.3 is 0 Å². The highest BCUT2D eigenvalue weighted by Crippen LogP contribution is 2.29. The molecule has 0 spiro atoms. The quantitative estimate of drug-likeness (QED) is 0.491. The fourth-order valence-electron chi connectivity index (χ4n) is 3.24. The SMILES string of the molecule is Cc1cccc(-c2nnc(-c3cccc(C)c3)n2-c2cccc(C)c2)c1. The zero-order chi connectivity index (χ0) is 18.1. The maximum absolute atomic E-state index is 4.55. The van der Waals surface area contributed by atoms with Crippen LogP contribution < -0.4 is 0 Å². The Morgan fingerprint density at radius 1 is 0.577 bits per heavy atom. The summed E-state index contributed by atoms with van der Waals surface area (Å²) in [6.07, 6.45) is 0. The second-order valence-corrected chi connectivity index (χ2v) is 6.76. The number of aromatic nitrogens is 3. The molecule has 4 rings (SSSR count). The highest BCUT2D eigenvalue weighted by molar-refractivity contribution is 5.67. The summed E-state index contributed by atoms with van der Waals surface area (Å²) >= 11 is 0. The van der Waals surface area contributed by atoms with Crippen LogP contribution in [0.1, 0.15) is 16.7 Å². The van der Waals surface area contributed by atoms with Crippen molar-refractivity contribution in [3.8, 4) is 28.5 Å². The van der Waals surface area contributed by atoms with Gasteiger partial charge >= 0.3 is 0 Å². The number of aryl methyl sites for hydroxylation is 3. The summed E-state index contributed by atoms with van der Waals surface area (Å²) in [5, 5.41) is 9.11. The van der Waals surface area contributed by atoms with E-state index in [1.165, 1.54) is 16.7 Å². The first-order valence-corrected chi connectivity index (χ1v) is 8.78. The smallest absolute Gasteiger partial charge is 0.168 e. The molecular weight excluding hydrogens is 318 g/mol. The van der Waals surface area contributed by atoms with E-state index in [4.69, 9.17) is 0 Å². The fourth-order valence-corrected chi connectivity index (χ4v) is 3.24. The Labute approximate surface area is 154 Å². The lowest BCUT2D eigenvalue weighted by molar-refractivity contribution is 1.07. The van der Waals surface area contributed by atoms with Gasteiger partial charge in [-0.1, -0.05) is 59.7 Å². The van der Waals surface area contributed by atoms with Gasteiger partial charge in [0.05, 0.1) is 0 Å². The van der Waals surface area contributed by atoms with Gasteiger partial charge in [0.15, 0.2) is 11.6 Å². The Bertz CT molecular complexity index is 1010. The Kier molecular flexibility index (Phi) is 4.13. The van der Waals surface area contributed by atoms with Gasteiger partial charge in [-0.3, -0.25) is 4.57 Å². The van der Waals surface area contributed by atoms with Gasteiger partial charge in [-0.05, 0) is 50.6 Å². The van der Waals surface area contributed by atoms with Crippen LogP contribution in [0.5, 0.6) is 0 Å². The molecule has 0 aliphatic carbocycles. The zero-order valence-corrected chi connectivity index (χ0v) is 15.3. The first-order valence-electron chi connectivity index (χ1n) is 8.78. The molecule has 4 aromatic rings. The van der Waals surface area contributed by atoms with E-state index in [9.17, 15) is 0 Å². The molecule has 3 heteroatoms. The van der Waals surface area contributed by atoms with E-state index in [0.29, 0.717) is 0 Å². The molecular formula is C23H21N3. The number of hydrogen-bond donors (Lipinski definition) is 0. The third-order valence-electron chi connectivity index (χ3n) is 4.48. The van der Waals surface area contributed by atoms with Crippen molar-refractivity contribution in [1.82, 2.24) is 14.8 Å². The van der Waals surface area contributed by atoms with Crippen molar-refractivity contribution in [2.24, 2.45) is 0 Å². The molecule has 1 aromatic heterocycles. The molecule has 0 saturated heterocycles. The molecule has 0 amide bonds. The lowest BCUT2D eigenvalue weighted by Crippen LogP contribution is -2.01. The predicted octanol–water partition coefficient (Wildman–Crippen LogP) is 5.53. The second-order valence-electron chi connectivity index (χ2n) is 6.76. The molecule has 0 radical (unpaired) electrons. The monoisotopic (exact) mass is 339 g/mol. The van der Waals surface area contributed by atoms with Crippen LogP contribution in [0.2, 0.25) is 0 Å². The maximum Gasteiger partial charge on any atom is 0.168 e. The average Bonchev–Trinajstić information content (AvgIpc) is 3.07. The number of hydrogen-bond acceptors (Lipinski definition) is 2. The Balaban J connectivity index is 1.99. The highest BCUT2D eigenvalue weighted by atomic mass is 15.3. The topological polar surface area (TPSA) is 30.7 Å². The lowest BCUT2D eigenvalue weighted by Gasteiger charge is -2.12. The molecule has 0 fully saturated rings. The van der Waals surface area contributed by atoms with Crippen molar-refractivity contribution < 1.29 is 0 Å². The van der Waals surface area contributed by atoms with E-state index in [-0.39, 0.29) is 0 Å². The summed E-state index contributed by atoms with van der Waals surface area (Å²) in [6.45, 7) is 6.29. The van der Waals surface area contributed by atoms with E-state index < -0.39 is 0 Å². The van der Waals surface area contributed by atoms with Crippen LogP contribution in [0, 0.1) is 20.8 Å². The summed E-state index contributed by atoms with van der Waals surface area (Å²) in [5.41, 5.74) is 6.83. The molecule has 128 valence electrons. The molecule has 0 aliphatic heterocycles. The lowest BCUT2D eigenvalue weighted by atomic mass is 10.1. The normalized spacial score (nSPS) is 10.9. The predicted molar refractivity (Wildman–Crippen MR) is 106 cm³/mol. The third kappa shape index (κ3) is 3.04. The van der Waals surface area contributed by atoms with E-state index in [1.807, 2.05) is 0 Å². The summed E-state index contributed by atoms with van der Waals surface area (Å²) in [4.78, 5) is 0. The first kappa shape index (κ1) is 16.3. The van der Waals surface area contributed by atoms with Gasteiger partial charge in [0.25, 0.3) is 0 Å². The Morgan fingerprint density at radius 3 is 1.50 bits per heavy atom. The molecule has 3 aromatic carbocycles. The van der Waals surface area contributed by atoms with Crippen LogP contribution >= 0.6 is 0 Å². The maximum atomic E-state index is 4.55. The van der Waals surface area contributed by atoms with E-state index in [2.05, 4.69) is 108 Å². The van der Waals surface area contributed by atoms with Gasteiger partial charge in [0.1, 0.15) is 0 Å². The van der Waals surface area contributed by atoms with Crippen molar-refractivity contribution in [3.63, 3.8) is 0 Å². The molecule has 3 nitrogen and oxygen atoms in total.